The third-order valence-corrected chi connectivity index (χ3v) is 3.95. The molecule has 2 heterocycles. The van der Waals surface area contributed by atoms with Gasteiger partial charge in [0.1, 0.15) is 0 Å². The maximum Gasteiger partial charge on any atom is 0.234 e. The predicted octanol–water partition coefficient (Wildman–Crippen LogP) is 0.268. The molecule has 2 N–H and O–H groups in total. The maximum atomic E-state index is 12.1. The zero-order chi connectivity index (χ0) is 13.9. The number of amides is 1. The minimum atomic E-state index is -0.594. The van der Waals surface area contributed by atoms with Gasteiger partial charge in [0.05, 0.1) is 25.3 Å². The Labute approximate surface area is 118 Å². The number of ether oxygens (including phenoxy) is 1. The van der Waals surface area contributed by atoms with Crippen molar-refractivity contribution < 1.29 is 14.6 Å². The number of fused-ring (bicyclic) bond motifs is 1. The molecule has 0 aromatic heterocycles. The van der Waals surface area contributed by atoms with Gasteiger partial charge in [0.2, 0.25) is 5.91 Å². The van der Waals surface area contributed by atoms with Crippen molar-refractivity contribution in [3.8, 4) is 0 Å². The number of hydrogen-bond acceptors (Lipinski definition) is 4. The Morgan fingerprint density at radius 2 is 2.05 bits per heavy atom. The standard InChI is InChI=1S/C15H20N2O3/c18-14-10-20-6-5-13(14)16-15(19)9-17-7-11-3-1-2-4-12(11)8-17/h1-4,13-14,18H,5-10H2,(H,16,19)/t13-,14-/m0/s1. The van der Waals surface area contributed by atoms with Crippen molar-refractivity contribution in [3.63, 3.8) is 0 Å². The summed E-state index contributed by atoms with van der Waals surface area (Å²) in [4.78, 5) is 14.2. The molecule has 0 bridgehead atoms. The van der Waals surface area contributed by atoms with Crippen LogP contribution in [0.15, 0.2) is 24.3 Å². The number of rotatable bonds is 3. The van der Waals surface area contributed by atoms with Crippen LogP contribution in [-0.4, -0.2) is 47.8 Å². The minimum absolute atomic E-state index is 0.0243. The molecule has 0 radical (unpaired) electrons. The Hall–Kier alpha value is -1.43. The number of aliphatic hydroxyl groups excluding tert-OH is 1. The minimum Gasteiger partial charge on any atom is -0.389 e. The summed E-state index contributed by atoms with van der Waals surface area (Å²) in [5.41, 5.74) is 2.60. The van der Waals surface area contributed by atoms with Crippen LogP contribution in [0.2, 0.25) is 0 Å². The van der Waals surface area contributed by atoms with E-state index in [0.29, 0.717) is 26.2 Å². The number of carbonyl (C=O) groups is 1. The van der Waals surface area contributed by atoms with E-state index in [1.54, 1.807) is 0 Å². The van der Waals surface area contributed by atoms with Crippen LogP contribution in [0.4, 0.5) is 0 Å². The largest absolute Gasteiger partial charge is 0.389 e. The zero-order valence-electron chi connectivity index (χ0n) is 11.4. The highest BCUT2D eigenvalue weighted by Gasteiger charge is 2.26. The van der Waals surface area contributed by atoms with Crippen LogP contribution < -0.4 is 5.32 Å². The second-order valence-corrected chi connectivity index (χ2v) is 5.52. The average molecular weight is 276 g/mol. The Bertz CT molecular complexity index is 467. The van der Waals surface area contributed by atoms with Crippen LogP contribution in [0.5, 0.6) is 0 Å². The molecule has 2 aliphatic heterocycles. The van der Waals surface area contributed by atoms with Crippen LogP contribution >= 0.6 is 0 Å². The number of carbonyl (C=O) groups excluding carboxylic acids is 1. The Morgan fingerprint density at radius 3 is 2.70 bits per heavy atom. The molecule has 0 spiro atoms. The van der Waals surface area contributed by atoms with Gasteiger partial charge in [-0.15, -0.1) is 0 Å². The van der Waals surface area contributed by atoms with Gasteiger partial charge in [-0.2, -0.15) is 0 Å². The predicted molar refractivity (Wildman–Crippen MR) is 73.9 cm³/mol. The summed E-state index contributed by atoms with van der Waals surface area (Å²) in [6.07, 6.45) is 0.0797. The number of aliphatic hydroxyl groups is 1. The third kappa shape index (κ3) is 3.00. The number of nitrogens with zero attached hydrogens (tertiary/aromatic N) is 1. The Balaban J connectivity index is 1.51. The second kappa shape index (κ2) is 5.91. The van der Waals surface area contributed by atoms with Crippen molar-refractivity contribution in [1.29, 1.82) is 0 Å². The van der Waals surface area contributed by atoms with Gasteiger partial charge >= 0.3 is 0 Å². The summed E-state index contributed by atoms with van der Waals surface area (Å²) in [6, 6.07) is 8.09. The molecule has 1 aromatic rings. The van der Waals surface area contributed by atoms with E-state index in [1.165, 1.54) is 11.1 Å². The van der Waals surface area contributed by atoms with E-state index in [4.69, 9.17) is 4.74 Å². The Kier molecular flexibility index (Phi) is 4.00. The molecule has 1 amide bonds. The summed E-state index contributed by atoms with van der Waals surface area (Å²) in [7, 11) is 0. The van der Waals surface area contributed by atoms with Crippen molar-refractivity contribution in [2.75, 3.05) is 19.8 Å². The van der Waals surface area contributed by atoms with Crippen molar-refractivity contribution >= 4 is 5.91 Å². The lowest BCUT2D eigenvalue weighted by Crippen LogP contribution is -2.50. The molecule has 108 valence electrons. The summed E-state index contributed by atoms with van der Waals surface area (Å²) in [5, 5.41) is 12.7. The first kappa shape index (κ1) is 13.5. The summed E-state index contributed by atoms with van der Waals surface area (Å²) >= 11 is 0. The average Bonchev–Trinajstić information content (AvgIpc) is 2.83. The monoisotopic (exact) mass is 276 g/mol. The number of nitrogens with one attached hydrogen (secondary N) is 1. The molecule has 2 aliphatic rings. The molecule has 3 rings (SSSR count). The van der Waals surface area contributed by atoms with E-state index in [1.807, 2.05) is 12.1 Å². The molecular weight excluding hydrogens is 256 g/mol. The third-order valence-electron chi connectivity index (χ3n) is 3.95. The van der Waals surface area contributed by atoms with Crippen LogP contribution in [0.25, 0.3) is 0 Å². The molecule has 1 saturated heterocycles. The van der Waals surface area contributed by atoms with E-state index >= 15 is 0 Å². The van der Waals surface area contributed by atoms with E-state index in [9.17, 15) is 9.90 Å². The second-order valence-electron chi connectivity index (χ2n) is 5.52. The van der Waals surface area contributed by atoms with E-state index < -0.39 is 6.10 Å². The number of benzene rings is 1. The van der Waals surface area contributed by atoms with Crippen molar-refractivity contribution in [3.05, 3.63) is 35.4 Å². The summed E-state index contributed by atoms with van der Waals surface area (Å²) < 4.78 is 5.16. The van der Waals surface area contributed by atoms with Gasteiger partial charge < -0.3 is 15.2 Å². The topological polar surface area (TPSA) is 61.8 Å². The van der Waals surface area contributed by atoms with E-state index in [-0.39, 0.29) is 11.9 Å². The molecular formula is C15H20N2O3. The molecule has 0 unspecified atom stereocenters. The number of hydrogen-bond donors (Lipinski definition) is 2. The first-order valence-electron chi connectivity index (χ1n) is 7.06. The van der Waals surface area contributed by atoms with E-state index in [2.05, 4.69) is 22.3 Å². The Morgan fingerprint density at radius 1 is 1.35 bits per heavy atom. The van der Waals surface area contributed by atoms with Crippen LogP contribution in [0.1, 0.15) is 17.5 Å². The smallest absolute Gasteiger partial charge is 0.234 e. The molecule has 0 aliphatic carbocycles. The first-order valence-corrected chi connectivity index (χ1v) is 7.06. The fraction of sp³-hybridized carbons (Fsp3) is 0.533. The zero-order valence-corrected chi connectivity index (χ0v) is 11.4. The molecule has 5 heteroatoms. The molecule has 5 nitrogen and oxygen atoms in total. The lowest BCUT2D eigenvalue weighted by molar-refractivity contribution is -0.125. The van der Waals surface area contributed by atoms with E-state index in [0.717, 1.165) is 13.1 Å². The van der Waals surface area contributed by atoms with Crippen LogP contribution in [-0.2, 0) is 22.6 Å². The summed E-state index contributed by atoms with van der Waals surface area (Å²) in [6.45, 7) is 2.91. The maximum absolute atomic E-state index is 12.1. The highest BCUT2D eigenvalue weighted by molar-refractivity contribution is 5.78. The molecule has 2 atom stereocenters. The molecule has 1 aromatic carbocycles. The van der Waals surface area contributed by atoms with Gasteiger partial charge in [-0.3, -0.25) is 9.69 Å². The lowest BCUT2D eigenvalue weighted by Gasteiger charge is -2.29. The van der Waals surface area contributed by atoms with Gasteiger partial charge in [0, 0.05) is 19.7 Å². The highest BCUT2D eigenvalue weighted by Crippen LogP contribution is 2.21. The fourth-order valence-electron chi connectivity index (χ4n) is 2.86. The normalized spacial score (nSPS) is 26.2. The van der Waals surface area contributed by atoms with Crippen LogP contribution in [0.3, 0.4) is 0 Å². The highest BCUT2D eigenvalue weighted by atomic mass is 16.5. The van der Waals surface area contributed by atoms with Gasteiger partial charge in [0.25, 0.3) is 0 Å². The van der Waals surface area contributed by atoms with Crippen LogP contribution in [0, 0.1) is 0 Å². The first-order chi connectivity index (χ1) is 9.72. The van der Waals surface area contributed by atoms with Crippen molar-refractivity contribution in [2.45, 2.75) is 31.7 Å². The van der Waals surface area contributed by atoms with Gasteiger partial charge in [-0.05, 0) is 17.5 Å². The van der Waals surface area contributed by atoms with Crippen molar-refractivity contribution in [2.24, 2.45) is 0 Å². The van der Waals surface area contributed by atoms with Gasteiger partial charge in [0.15, 0.2) is 0 Å². The van der Waals surface area contributed by atoms with Crippen molar-refractivity contribution in [1.82, 2.24) is 10.2 Å². The summed E-state index contributed by atoms with van der Waals surface area (Å²) in [5.74, 6) is -0.0243. The SMILES string of the molecule is O=C(CN1Cc2ccccc2C1)N[C@H]1CCOC[C@@H]1O. The quantitative estimate of drug-likeness (QED) is 0.832. The molecule has 20 heavy (non-hydrogen) atoms. The molecule has 1 fully saturated rings. The van der Waals surface area contributed by atoms with Gasteiger partial charge in [-0.25, -0.2) is 0 Å². The fourth-order valence-corrected chi connectivity index (χ4v) is 2.86. The van der Waals surface area contributed by atoms with Gasteiger partial charge in [-0.1, -0.05) is 24.3 Å². The molecule has 0 saturated carbocycles. The lowest BCUT2D eigenvalue weighted by atomic mass is 10.1.